The fourth-order valence-corrected chi connectivity index (χ4v) is 1.60. The lowest BCUT2D eigenvalue weighted by molar-refractivity contribution is 0.534. The summed E-state index contributed by atoms with van der Waals surface area (Å²) in [6.07, 6.45) is 8.68. The van der Waals surface area contributed by atoms with E-state index in [2.05, 4.69) is 27.4 Å². The van der Waals surface area contributed by atoms with Crippen LogP contribution in [0.2, 0.25) is 0 Å². The molecule has 1 aliphatic rings. The number of aryl methyl sites for hydroxylation is 1. The molecule has 1 aliphatic carbocycles. The molecular weight excluding hydrogens is 162 g/mol. The Labute approximate surface area is 78.3 Å². The van der Waals surface area contributed by atoms with Gasteiger partial charge in [0.2, 0.25) is 0 Å². The second-order valence-corrected chi connectivity index (χ2v) is 3.51. The minimum atomic E-state index is 0.628. The van der Waals surface area contributed by atoms with Gasteiger partial charge in [0.05, 0.1) is 0 Å². The molecule has 2 rings (SSSR count). The van der Waals surface area contributed by atoms with Gasteiger partial charge in [-0.2, -0.15) is 0 Å². The molecular formula is C10H15N3. The molecule has 0 unspecified atom stereocenters. The zero-order valence-electron chi connectivity index (χ0n) is 7.88. The Bertz CT molecular complexity index is 293. The van der Waals surface area contributed by atoms with Crippen LogP contribution in [0.15, 0.2) is 18.3 Å². The second-order valence-electron chi connectivity index (χ2n) is 3.51. The third-order valence-electron chi connectivity index (χ3n) is 2.34. The standard InChI is InChI=1S/C10H15N3/c1-8-11-6-10(13-8)7-12-9-4-2-3-5-9/h2-3,6,9,12H,4-5,7H2,1H3,(H,11,13). The molecule has 1 heterocycles. The van der Waals surface area contributed by atoms with Gasteiger partial charge in [0.25, 0.3) is 0 Å². The number of aromatic nitrogens is 2. The van der Waals surface area contributed by atoms with Gasteiger partial charge in [-0.3, -0.25) is 0 Å². The van der Waals surface area contributed by atoms with E-state index in [1.807, 2.05) is 13.1 Å². The SMILES string of the molecule is Cc1ncc(CNC2CC=CC2)[nH]1. The molecule has 0 aliphatic heterocycles. The predicted octanol–water partition coefficient (Wildman–Crippen LogP) is 1.53. The van der Waals surface area contributed by atoms with Gasteiger partial charge in [-0.1, -0.05) is 12.2 Å². The minimum Gasteiger partial charge on any atom is -0.345 e. The molecule has 3 heteroatoms. The van der Waals surface area contributed by atoms with E-state index in [9.17, 15) is 0 Å². The van der Waals surface area contributed by atoms with Gasteiger partial charge in [0.1, 0.15) is 5.82 Å². The van der Waals surface area contributed by atoms with Crippen molar-refractivity contribution >= 4 is 0 Å². The van der Waals surface area contributed by atoms with E-state index in [1.165, 1.54) is 5.69 Å². The first kappa shape index (κ1) is 8.51. The number of hydrogen-bond donors (Lipinski definition) is 2. The van der Waals surface area contributed by atoms with Crippen molar-refractivity contribution in [2.45, 2.75) is 32.4 Å². The maximum atomic E-state index is 4.15. The molecule has 0 atom stereocenters. The summed E-state index contributed by atoms with van der Waals surface area (Å²) in [5.41, 5.74) is 1.17. The predicted molar refractivity (Wildman–Crippen MR) is 52.3 cm³/mol. The summed E-state index contributed by atoms with van der Waals surface area (Å²) in [6.45, 7) is 2.87. The van der Waals surface area contributed by atoms with Crippen LogP contribution in [-0.2, 0) is 6.54 Å². The van der Waals surface area contributed by atoms with Crippen molar-refractivity contribution in [1.82, 2.24) is 15.3 Å². The Morgan fingerprint density at radius 1 is 1.54 bits per heavy atom. The van der Waals surface area contributed by atoms with Crippen molar-refractivity contribution in [3.63, 3.8) is 0 Å². The average Bonchev–Trinajstić information content (AvgIpc) is 2.71. The van der Waals surface area contributed by atoms with E-state index >= 15 is 0 Å². The van der Waals surface area contributed by atoms with Gasteiger partial charge in [-0.05, 0) is 19.8 Å². The first-order chi connectivity index (χ1) is 6.34. The maximum absolute atomic E-state index is 4.15. The van der Waals surface area contributed by atoms with Gasteiger partial charge in [0.15, 0.2) is 0 Å². The Kier molecular flexibility index (Phi) is 2.45. The number of rotatable bonds is 3. The fraction of sp³-hybridized carbons (Fsp3) is 0.500. The summed E-state index contributed by atoms with van der Waals surface area (Å²) in [4.78, 5) is 7.36. The van der Waals surface area contributed by atoms with Crippen molar-refractivity contribution in [3.8, 4) is 0 Å². The van der Waals surface area contributed by atoms with Gasteiger partial charge < -0.3 is 10.3 Å². The van der Waals surface area contributed by atoms with E-state index in [0.717, 1.165) is 25.2 Å². The molecule has 3 nitrogen and oxygen atoms in total. The quantitative estimate of drug-likeness (QED) is 0.687. The van der Waals surface area contributed by atoms with Crippen molar-refractivity contribution in [1.29, 1.82) is 0 Å². The van der Waals surface area contributed by atoms with Crippen LogP contribution in [0.3, 0.4) is 0 Å². The fourth-order valence-electron chi connectivity index (χ4n) is 1.60. The summed E-state index contributed by atoms with van der Waals surface area (Å²) in [7, 11) is 0. The lowest BCUT2D eigenvalue weighted by Gasteiger charge is -2.09. The summed E-state index contributed by atoms with van der Waals surface area (Å²) in [6, 6.07) is 0.628. The highest BCUT2D eigenvalue weighted by Crippen LogP contribution is 2.09. The van der Waals surface area contributed by atoms with Crippen molar-refractivity contribution in [2.24, 2.45) is 0 Å². The number of aromatic amines is 1. The van der Waals surface area contributed by atoms with Crippen LogP contribution in [0.25, 0.3) is 0 Å². The van der Waals surface area contributed by atoms with E-state index in [0.29, 0.717) is 6.04 Å². The zero-order chi connectivity index (χ0) is 9.10. The smallest absolute Gasteiger partial charge is 0.103 e. The molecule has 70 valence electrons. The van der Waals surface area contributed by atoms with Crippen molar-refractivity contribution in [3.05, 3.63) is 29.9 Å². The molecule has 0 saturated heterocycles. The summed E-state index contributed by atoms with van der Waals surface area (Å²) in [5.74, 6) is 0.987. The van der Waals surface area contributed by atoms with E-state index < -0.39 is 0 Å². The molecule has 0 amide bonds. The van der Waals surface area contributed by atoms with Gasteiger partial charge in [-0.25, -0.2) is 4.98 Å². The highest BCUT2D eigenvalue weighted by atomic mass is 15.0. The molecule has 0 radical (unpaired) electrons. The van der Waals surface area contributed by atoms with Gasteiger partial charge >= 0.3 is 0 Å². The normalized spacial score (nSPS) is 17.0. The molecule has 2 N–H and O–H groups in total. The molecule has 13 heavy (non-hydrogen) atoms. The summed E-state index contributed by atoms with van der Waals surface area (Å²) < 4.78 is 0. The molecule has 0 bridgehead atoms. The van der Waals surface area contributed by atoms with Crippen LogP contribution < -0.4 is 5.32 Å². The number of nitrogens with one attached hydrogen (secondary N) is 2. The third-order valence-corrected chi connectivity index (χ3v) is 2.34. The van der Waals surface area contributed by atoms with Crippen LogP contribution in [-0.4, -0.2) is 16.0 Å². The highest BCUT2D eigenvalue weighted by molar-refractivity contribution is 5.02. The average molecular weight is 177 g/mol. The first-order valence-corrected chi connectivity index (χ1v) is 4.73. The van der Waals surface area contributed by atoms with Crippen molar-refractivity contribution in [2.75, 3.05) is 0 Å². The molecule has 0 aromatic carbocycles. The van der Waals surface area contributed by atoms with Gasteiger partial charge in [0, 0.05) is 24.5 Å². The first-order valence-electron chi connectivity index (χ1n) is 4.73. The summed E-state index contributed by atoms with van der Waals surface area (Å²) in [5, 5.41) is 3.48. The third kappa shape index (κ3) is 2.18. The Morgan fingerprint density at radius 3 is 2.92 bits per heavy atom. The van der Waals surface area contributed by atoms with Crippen LogP contribution in [0.5, 0.6) is 0 Å². The number of H-pyrrole nitrogens is 1. The van der Waals surface area contributed by atoms with Crippen LogP contribution in [0.1, 0.15) is 24.4 Å². The Hall–Kier alpha value is -1.09. The van der Waals surface area contributed by atoms with Crippen LogP contribution >= 0.6 is 0 Å². The molecule has 1 aromatic heterocycles. The number of hydrogen-bond acceptors (Lipinski definition) is 2. The van der Waals surface area contributed by atoms with E-state index in [1.54, 1.807) is 0 Å². The van der Waals surface area contributed by atoms with Crippen LogP contribution in [0.4, 0.5) is 0 Å². The van der Waals surface area contributed by atoms with Crippen LogP contribution in [0, 0.1) is 6.92 Å². The number of imidazole rings is 1. The summed E-state index contributed by atoms with van der Waals surface area (Å²) >= 11 is 0. The lowest BCUT2D eigenvalue weighted by Crippen LogP contribution is -2.25. The minimum absolute atomic E-state index is 0.628. The highest BCUT2D eigenvalue weighted by Gasteiger charge is 2.08. The van der Waals surface area contributed by atoms with E-state index in [4.69, 9.17) is 0 Å². The molecule has 0 fully saturated rings. The molecule has 1 aromatic rings. The number of nitrogens with zero attached hydrogens (tertiary/aromatic N) is 1. The Balaban J connectivity index is 1.79. The second kappa shape index (κ2) is 3.75. The maximum Gasteiger partial charge on any atom is 0.103 e. The monoisotopic (exact) mass is 177 g/mol. The lowest BCUT2D eigenvalue weighted by atomic mass is 10.2. The Morgan fingerprint density at radius 2 is 2.31 bits per heavy atom. The largest absolute Gasteiger partial charge is 0.345 e. The zero-order valence-corrected chi connectivity index (χ0v) is 7.88. The topological polar surface area (TPSA) is 40.7 Å². The van der Waals surface area contributed by atoms with E-state index in [-0.39, 0.29) is 0 Å². The van der Waals surface area contributed by atoms with Crippen molar-refractivity contribution < 1.29 is 0 Å². The van der Waals surface area contributed by atoms with Gasteiger partial charge in [-0.15, -0.1) is 0 Å². The molecule has 0 spiro atoms. The molecule has 0 saturated carbocycles.